The van der Waals surface area contributed by atoms with E-state index in [1.165, 1.54) is 10.5 Å². The first-order valence-electron chi connectivity index (χ1n) is 6.57. The Morgan fingerprint density at radius 2 is 2.25 bits per heavy atom. The lowest BCUT2D eigenvalue weighted by Crippen LogP contribution is -2.44. The molecule has 3 rings (SSSR count). The largest absolute Gasteiger partial charge is 0.271 e. The van der Waals surface area contributed by atoms with E-state index in [9.17, 15) is 0 Å². The molecule has 0 fully saturated rings. The lowest BCUT2D eigenvalue weighted by Gasteiger charge is -2.22. The minimum absolute atomic E-state index is 0.187. The second-order valence-corrected chi connectivity index (χ2v) is 6.60. The maximum absolute atomic E-state index is 6.18. The Bertz CT molecular complexity index is 580. The number of benzene rings is 1. The van der Waals surface area contributed by atoms with Crippen LogP contribution in [0.5, 0.6) is 0 Å². The first-order chi connectivity index (χ1) is 9.78. The van der Waals surface area contributed by atoms with Gasteiger partial charge in [-0.05, 0) is 36.1 Å². The second kappa shape index (κ2) is 6.14. The van der Waals surface area contributed by atoms with Crippen molar-refractivity contribution in [1.29, 1.82) is 0 Å². The summed E-state index contributed by atoms with van der Waals surface area (Å²) < 4.78 is 0. The number of nitrogens with zero attached hydrogens (tertiary/aromatic N) is 1. The first kappa shape index (κ1) is 13.9. The molecule has 2 aromatic rings. The number of thioether (sulfide) groups is 1. The van der Waals surface area contributed by atoms with Gasteiger partial charge in [0.05, 0.1) is 5.02 Å². The van der Waals surface area contributed by atoms with Gasteiger partial charge >= 0.3 is 0 Å². The van der Waals surface area contributed by atoms with Crippen LogP contribution in [0, 0.1) is 0 Å². The Labute approximate surface area is 127 Å². The molecule has 1 aromatic carbocycles. The van der Waals surface area contributed by atoms with Crippen LogP contribution in [0.1, 0.15) is 11.1 Å². The van der Waals surface area contributed by atoms with Crippen LogP contribution in [-0.4, -0.2) is 16.3 Å². The van der Waals surface area contributed by atoms with Crippen molar-refractivity contribution in [3.63, 3.8) is 0 Å². The first-order valence-corrected chi connectivity index (χ1v) is 7.83. The highest BCUT2D eigenvalue weighted by Crippen LogP contribution is 2.39. The standard InChI is InChI=1S/C15H16ClN3S/c16-12-9-18-6-5-10(12)7-13(19-17)15-8-11-3-1-2-4-14(11)20-15/h1-6,9,13,15,19H,7-8,17H2. The Morgan fingerprint density at radius 1 is 1.40 bits per heavy atom. The number of fused-ring (bicyclic) bond motifs is 1. The minimum atomic E-state index is 0.187. The van der Waals surface area contributed by atoms with Crippen LogP contribution in [0.15, 0.2) is 47.6 Å². The quantitative estimate of drug-likeness (QED) is 0.674. The van der Waals surface area contributed by atoms with Gasteiger partial charge in [0, 0.05) is 28.6 Å². The van der Waals surface area contributed by atoms with Gasteiger partial charge in [-0.3, -0.25) is 16.3 Å². The Morgan fingerprint density at radius 3 is 3.00 bits per heavy atom. The zero-order valence-electron chi connectivity index (χ0n) is 10.9. The fraction of sp³-hybridized carbons (Fsp3) is 0.267. The molecule has 0 saturated carbocycles. The highest BCUT2D eigenvalue weighted by Gasteiger charge is 2.29. The monoisotopic (exact) mass is 305 g/mol. The predicted octanol–water partition coefficient (Wildman–Crippen LogP) is 2.83. The summed E-state index contributed by atoms with van der Waals surface area (Å²) in [4.78, 5) is 5.38. The molecule has 0 amide bonds. The van der Waals surface area contributed by atoms with Gasteiger partial charge < -0.3 is 0 Å². The maximum atomic E-state index is 6.18. The van der Waals surface area contributed by atoms with Gasteiger partial charge in [-0.2, -0.15) is 0 Å². The van der Waals surface area contributed by atoms with Crippen molar-refractivity contribution < 1.29 is 0 Å². The number of pyridine rings is 1. The van der Waals surface area contributed by atoms with Crippen molar-refractivity contribution in [2.24, 2.45) is 5.84 Å². The molecule has 0 spiro atoms. The molecule has 0 aliphatic carbocycles. The summed E-state index contributed by atoms with van der Waals surface area (Å²) in [5, 5.41) is 1.13. The van der Waals surface area contributed by atoms with E-state index in [4.69, 9.17) is 17.4 Å². The number of hydrogen-bond acceptors (Lipinski definition) is 4. The third-order valence-electron chi connectivity index (χ3n) is 3.63. The molecule has 0 bridgehead atoms. The van der Waals surface area contributed by atoms with Gasteiger partial charge in [0.25, 0.3) is 0 Å². The summed E-state index contributed by atoms with van der Waals surface area (Å²) >= 11 is 8.08. The molecule has 3 nitrogen and oxygen atoms in total. The summed E-state index contributed by atoms with van der Waals surface area (Å²) in [6.07, 6.45) is 5.30. The van der Waals surface area contributed by atoms with Crippen molar-refractivity contribution in [3.8, 4) is 0 Å². The zero-order chi connectivity index (χ0) is 13.9. The van der Waals surface area contributed by atoms with E-state index in [1.807, 2.05) is 17.8 Å². The topological polar surface area (TPSA) is 50.9 Å². The molecular formula is C15H16ClN3S. The molecule has 1 aliphatic heterocycles. The molecule has 5 heteroatoms. The van der Waals surface area contributed by atoms with E-state index in [0.29, 0.717) is 10.3 Å². The molecule has 2 atom stereocenters. The third kappa shape index (κ3) is 2.83. The summed E-state index contributed by atoms with van der Waals surface area (Å²) in [5.41, 5.74) is 5.45. The molecule has 2 heterocycles. The Hall–Kier alpha value is -1.07. The van der Waals surface area contributed by atoms with Gasteiger partial charge in [0.1, 0.15) is 0 Å². The molecule has 0 saturated heterocycles. The summed E-state index contributed by atoms with van der Waals surface area (Å²) in [6.45, 7) is 0. The highest BCUT2D eigenvalue weighted by molar-refractivity contribution is 8.00. The van der Waals surface area contributed by atoms with Gasteiger partial charge in [-0.1, -0.05) is 29.8 Å². The number of hydrogen-bond donors (Lipinski definition) is 2. The van der Waals surface area contributed by atoms with Crippen molar-refractivity contribution in [1.82, 2.24) is 10.4 Å². The number of nitrogens with one attached hydrogen (secondary N) is 1. The van der Waals surface area contributed by atoms with E-state index in [2.05, 4.69) is 34.7 Å². The summed E-state index contributed by atoms with van der Waals surface area (Å²) in [7, 11) is 0. The number of aromatic nitrogens is 1. The summed E-state index contributed by atoms with van der Waals surface area (Å²) in [6, 6.07) is 10.7. The predicted molar refractivity (Wildman–Crippen MR) is 83.9 cm³/mol. The zero-order valence-corrected chi connectivity index (χ0v) is 12.5. The third-order valence-corrected chi connectivity index (χ3v) is 5.42. The number of rotatable bonds is 4. The van der Waals surface area contributed by atoms with Crippen LogP contribution in [0.25, 0.3) is 0 Å². The molecule has 1 aliphatic rings. The maximum Gasteiger partial charge on any atom is 0.0621 e. The lowest BCUT2D eigenvalue weighted by atomic mass is 10.00. The van der Waals surface area contributed by atoms with Gasteiger partial charge in [-0.15, -0.1) is 11.8 Å². The molecule has 3 N–H and O–H groups in total. The second-order valence-electron chi connectivity index (χ2n) is 4.91. The fourth-order valence-electron chi connectivity index (χ4n) is 2.54. The van der Waals surface area contributed by atoms with Crippen LogP contribution in [0.4, 0.5) is 0 Å². The highest BCUT2D eigenvalue weighted by atomic mass is 35.5. The average Bonchev–Trinajstić information content (AvgIpc) is 2.90. The molecular weight excluding hydrogens is 290 g/mol. The van der Waals surface area contributed by atoms with Crippen LogP contribution in [0.3, 0.4) is 0 Å². The van der Waals surface area contributed by atoms with E-state index >= 15 is 0 Å². The summed E-state index contributed by atoms with van der Waals surface area (Å²) in [5.74, 6) is 5.76. The van der Waals surface area contributed by atoms with Crippen LogP contribution < -0.4 is 11.3 Å². The SMILES string of the molecule is NNC(Cc1ccncc1Cl)C1Cc2ccccc2S1. The normalized spacial score (nSPS) is 18.8. The van der Waals surface area contributed by atoms with E-state index < -0.39 is 0 Å². The Balaban J connectivity index is 1.74. The fourth-order valence-corrected chi connectivity index (χ4v) is 4.12. The number of nitrogens with two attached hydrogens (primary N) is 1. The van der Waals surface area contributed by atoms with Crippen molar-refractivity contribution in [2.75, 3.05) is 0 Å². The molecule has 20 heavy (non-hydrogen) atoms. The van der Waals surface area contributed by atoms with Crippen molar-refractivity contribution >= 4 is 23.4 Å². The molecule has 2 unspecified atom stereocenters. The molecule has 104 valence electrons. The minimum Gasteiger partial charge on any atom is -0.271 e. The molecule has 0 radical (unpaired) electrons. The van der Waals surface area contributed by atoms with Gasteiger partial charge in [0.15, 0.2) is 0 Å². The number of halogens is 1. The average molecular weight is 306 g/mol. The number of hydrazine groups is 1. The molecule has 1 aromatic heterocycles. The smallest absolute Gasteiger partial charge is 0.0621 e. The van der Waals surface area contributed by atoms with Crippen LogP contribution >= 0.6 is 23.4 Å². The van der Waals surface area contributed by atoms with E-state index in [-0.39, 0.29) is 6.04 Å². The Kier molecular flexibility index (Phi) is 4.27. The van der Waals surface area contributed by atoms with Gasteiger partial charge in [-0.25, -0.2) is 0 Å². The van der Waals surface area contributed by atoms with Crippen molar-refractivity contribution in [3.05, 3.63) is 58.9 Å². The van der Waals surface area contributed by atoms with Crippen molar-refractivity contribution in [2.45, 2.75) is 29.0 Å². The van der Waals surface area contributed by atoms with Crippen LogP contribution in [-0.2, 0) is 12.8 Å². The van der Waals surface area contributed by atoms with E-state index in [1.54, 1.807) is 12.4 Å². The van der Waals surface area contributed by atoms with Gasteiger partial charge in [0.2, 0.25) is 0 Å². The van der Waals surface area contributed by atoms with E-state index in [0.717, 1.165) is 18.4 Å². The van der Waals surface area contributed by atoms with Crippen LogP contribution in [0.2, 0.25) is 5.02 Å². The lowest BCUT2D eigenvalue weighted by molar-refractivity contribution is 0.506.